The number of benzene rings is 1. The van der Waals surface area contributed by atoms with Crippen LogP contribution in [0.3, 0.4) is 0 Å². The van der Waals surface area contributed by atoms with E-state index in [1.54, 1.807) is 11.3 Å². The molecule has 0 atom stereocenters. The number of nitrogens with zero attached hydrogens (tertiary/aromatic N) is 1. The molecule has 1 aromatic carbocycles. The Morgan fingerprint density at radius 1 is 1.29 bits per heavy atom. The minimum atomic E-state index is 0.587. The highest BCUT2D eigenvalue weighted by Gasteiger charge is 2.02. The first-order valence-corrected chi connectivity index (χ1v) is 6.46. The summed E-state index contributed by atoms with van der Waals surface area (Å²) in [4.78, 5) is 5.72. The lowest BCUT2D eigenvalue weighted by Gasteiger charge is -2.04. The van der Waals surface area contributed by atoms with E-state index in [-0.39, 0.29) is 0 Å². The molecule has 0 aliphatic heterocycles. The molecule has 0 spiro atoms. The Morgan fingerprint density at radius 2 is 2.06 bits per heavy atom. The quantitative estimate of drug-likeness (QED) is 0.873. The molecule has 0 unspecified atom stereocenters. The molecule has 0 bridgehead atoms. The first kappa shape index (κ1) is 12.1. The number of nitrogens with two attached hydrogens (primary N) is 1. The molecule has 1 heterocycles. The van der Waals surface area contributed by atoms with E-state index < -0.39 is 0 Å². The number of hydrogen-bond acceptors (Lipinski definition) is 4. The minimum absolute atomic E-state index is 0.587. The van der Waals surface area contributed by atoms with E-state index in [4.69, 9.17) is 5.73 Å². The fourth-order valence-corrected chi connectivity index (χ4v) is 2.40. The van der Waals surface area contributed by atoms with E-state index in [0.717, 1.165) is 22.9 Å². The fraction of sp³-hybridized carbons (Fsp3) is 0.308. The fourth-order valence-electron chi connectivity index (χ4n) is 1.59. The van der Waals surface area contributed by atoms with Crippen molar-refractivity contribution in [2.24, 2.45) is 5.73 Å². The van der Waals surface area contributed by atoms with Crippen molar-refractivity contribution >= 4 is 16.5 Å². The Bertz CT molecular complexity index is 486. The van der Waals surface area contributed by atoms with Crippen molar-refractivity contribution in [2.45, 2.75) is 26.9 Å². The summed E-state index contributed by atoms with van der Waals surface area (Å²) in [5.41, 5.74) is 9.12. The van der Waals surface area contributed by atoms with Gasteiger partial charge in [-0.2, -0.15) is 0 Å². The predicted molar refractivity (Wildman–Crippen MR) is 73.2 cm³/mol. The van der Waals surface area contributed by atoms with E-state index in [1.807, 2.05) is 19.1 Å². The van der Waals surface area contributed by atoms with Crippen LogP contribution in [-0.2, 0) is 13.1 Å². The molecule has 3 nitrogen and oxygen atoms in total. The Hall–Kier alpha value is -1.39. The van der Waals surface area contributed by atoms with Gasteiger partial charge in [-0.1, -0.05) is 24.3 Å². The lowest BCUT2D eigenvalue weighted by atomic mass is 10.1. The standard InChI is InChI=1S/C13H17N3S/c1-9-10(2)17-13(16-9)15-8-12-5-3-4-11(6-12)7-14/h3-6H,7-8,14H2,1-2H3,(H,15,16). The SMILES string of the molecule is Cc1nc(NCc2cccc(CN)c2)sc1C. The molecule has 2 aromatic rings. The third-order valence-corrected chi connectivity index (χ3v) is 3.73. The maximum atomic E-state index is 5.62. The highest BCUT2D eigenvalue weighted by molar-refractivity contribution is 7.15. The summed E-state index contributed by atoms with van der Waals surface area (Å²) in [6.45, 7) is 5.50. The number of aryl methyl sites for hydroxylation is 2. The molecule has 0 aliphatic rings. The molecule has 0 fully saturated rings. The second-order valence-corrected chi connectivity index (χ2v) is 5.24. The van der Waals surface area contributed by atoms with Gasteiger partial charge in [-0.3, -0.25) is 0 Å². The summed E-state index contributed by atoms with van der Waals surface area (Å²) in [7, 11) is 0. The van der Waals surface area contributed by atoms with Crippen molar-refractivity contribution in [3.8, 4) is 0 Å². The molecule has 0 saturated carbocycles. The number of aromatic nitrogens is 1. The molecule has 0 radical (unpaired) electrons. The third kappa shape index (κ3) is 3.05. The molecular weight excluding hydrogens is 230 g/mol. The second kappa shape index (κ2) is 5.29. The summed E-state index contributed by atoms with van der Waals surface area (Å²) in [6.07, 6.45) is 0. The van der Waals surface area contributed by atoms with Gasteiger partial charge in [0, 0.05) is 18.0 Å². The maximum absolute atomic E-state index is 5.62. The average molecular weight is 247 g/mol. The molecule has 17 heavy (non-hydrogen) atoms. The lowest BCUT2D eigenvalue weighted by molar-refractivity contribution is 1.05. The van der Waals surface area contributed by atoms with Gasteiger partial charge in [0.05, 0.1) is 5.69 Å². The average Bonchev–Trinajstić information content (AvgIpc) is 2.67. The topological polar surface area (TPSA) is 50.9 Å². The number of hydrogen-bond donors (Lipinski definition) is 2. The zero-order valence-electron chi connectivity index (χ0n) is 10.2. The van der Waals surface area contributed by atoms with E-state index >= 15 is 0 Å². The van der Waals surface area contributed by atoms with Crippen LogP contribution >= 0.6 is 11.3 Å². The molecule has 0 amide bonds. The van der Waals surface area contributed by atoms with Gasteiger partial charge in [0.25, 0.3) is 0 Å². The van der Waals surface area contributed by atoms with Crippen LogP contribution < -0.4 is 11.1 Å². The first-order valence-electron chi connectivity index (χ1n) is 5.65. The Kier molecular flexibility index (Phi) is 3.76. The second-order valence-electron chi connectivity index (χ2n) is 4.04. The zero-order valence-corrected chi connectivity index (χ0v) is 11.0. The lowest BCUT2D eigenvalue weighted by Crippen LogP contribution is -2.01. The van der Waals surface area contributed by atoms with E-state index in [2.05, 4.69) is 29.4 Å². The summed E-state index contributed by atoms with van der Waals surface area (Å²) in [6, 6.07) is 8.30. The van der Waals surface area contributed by atoms with Crippen LogP contribution in [0, 0.1) is 13.8 Å². The van der Waals surface area contributed by atoms with Gasteiger partial charge >= 0.3 is 0 Å². The van der Waals surface area contributed by atoms with Crippen molar-refractivity contribution in [1.29, 1.82) is 0 Å². The Balaban J connectivity index is 2.01. The molecule has 2 rings (SSSR count). The van der Waals surface area contributed by atoms with Crippen molar-refractivity contribution in [3.05, 3.63) is 46.0 Å². The maximum Gasteiger partial charge on any atom is 0.183 e. The van der Waals surface area contributed by atoms with Crippen LogP contribution in [0.2, 0.25) is 0 Å². The predicted octanol–water partition coefficient (Wildman–Crippen LogP) is 2.83. The van der Waals surface area contributed by atoms with E-state index in [9.17, 15) is 0 Å². The molecule has 4 heteroatoms. The number of thiazole rings is 1. The van der Waals surface area contributed by atoms with Crippen LogP contribution in [0.4, 0.5) is 5.13 Å². The molecule has 3 N–H and O–H groups in total. The minimum Gasteiger partial charge on any atom is -0.357 e. The van der Waals surface area contributed by atoms with Crippen LogP contribution in [0.5, 0.6) is 0 Å². The Labute approximate surface area is 106 Å². The number of anilines is 1. The summed E-state index contributed by atoms with van der Waals surface area (Å²) in [5, 5.41) is 4.32. The van der Waals surface area contributed by atoms with Crippen LogP contribution in [-0.4, -0.2) is 4.98 Å². The molecule has 0 aliphatic carbocycles. The first-order chi connectivity index (χ1) is 8.19. The van der Waals surface area contributed by atoms with Crippen molar-refractivity contribution < 1.29 is 0 Å². The highest BCUT2D eigenvalue weighted by atomic mass is 32.1. The van der Waals surface area contributed by atoms with Crippen molar-refractivity contribution in [2.75, 3.05) is 5.32 Å². The van der Waals surface area contributed by atoms with Crippen LogP contribution in [0.1, 0.15) is 21.7 Å². The Morgan fingerprint density at radius 3 is 2.71 bits per heavy atom. The van der Waals surface area contributed by atoms with Crippen LogP contribution in [0.15, 0.2) is 24.3 Å². The molecule has 0 saturated heterocycles. The monoisotopic (exact) mass is 247 g/mol. The smallest absolute Gasteiger partial charge is 0.183 e. The van der Waals surface area contributed by atoms with E-state index in [1.165, 1.54) is 10.4 Å². The van der Waals surface area contributed by atoms with Gasteiger partial charge in [0.1, 0.15) is 0 Å². The third-order valence-electron chi connectivity index (χ3n) is 2.70. The highest BCUT2D eigenvalue weighted by Crippen LogP contribution is 2.21. The van der Waals surface area contributed by atoms with Gasteiger partial charge in [0.2, 0.25) is 0 Å². The largest absolute Gasteiger partial charge is 0.357 e. The summed E-state index contributed by atoms with van der Waals surface area (Å²) in [5.74, 6) is 0. The normalized spacial score (nSPS) is 10.5. The number of nitrogens with one attached hydrogen (secondary N) is 1. The summed E-state index contributed by atoms with van der Waals surface area (Å²) < 4.78 is 0. The molecule has 90 valence electrons. The van der Waals surface area contributed by atoms with Gasteiger partial charge < -0.3 is 11.1 Å². The van der Waals surface area contributed by atoms with Crippen molar-refractivity contribution in [1.82, 2.24) is 4.98 Å². The van der Waals surface area contributed by atoms with E-state index in [0.29, 0.717) is 6.54 Å². The van der Waals surface area contributed by atoms with Crippen molar-refractivity contribution in [3.63, 3.8) is 0 Å². The van der Waals surface area contributed by atoms with Gasteiger partial charge in [-0.15, -0.1) is 11.3 Å². The van der Waals surface area contributed by atoms with Gasteiger partial charge in [-0.25, -0.2) is 4.98 Å². The van der Waals surface area contributed by atoms with Gasteiger partial charge in [0.15, 0.2) is 5.13 Å². The van der Waals surface area contributed by atoms with Gasteiger partial charge in [-0.05, 0) is 25.0 Å². The number of rotatable bonds is 4. The molecular formula is C13H17N3S. The van der Waals surface area contributed by atoms with Crippen LogP contribution in [0.25, 0.3) is 0 Å². The molecule has 1 aromatic heterocycles. The summed E-state index contributed by atoms with van der Waals surface area (Å²) >= 11 is 1.70. The zero-order chi connectivity index (χ0) is 12.3.